The minimum atomic E-state index is -1.37. The summed E-state index contributed by atoms with van der Waals surface area (Å²) >= 11 is 0. The normalized spacial score (nSPS) is 14.0. The molecule has 0 amide bonds. The Morgan fingerprint density at radius 3 is 2.48 bits per heavy atom. The Bertz CT molecular complexity index is 949. The number of carbonyl (C=O) groups is 1. The fourth-order valence-corrected chi connectivity index (χ4v) is 3.13. The highest BCUT2D eigenvalue weighted by molar-refractivity contribution is 6.01. The second-order valence-electron chi connectivity index (χ2n) is 5.91. The smallest absolute Gasteiger partial charge is 0.343 e. The molecule has 1 heterocycles. The Morgan fingerprint density at radius 2 is 1.96 bits per heavy atom. The molecule has 0 saturated heterocycles. The average molecular weight is 352 g/mol. The molecule has 3 rings (SSSR count). The Labute approximate surface area is 142 Å². The van der Waals surface area contributed by atoms with E-state index in [0.717, 1.165) is 12.8 Å². The lowest BCUT2D eigenvalue weighted by atomic mass is 10.0. The minimum absolute atomic E-state index is 0.0468. The fraction of sp³-hybridized carbons (Fsp3) is 0.412. The number of pyridine rings is 1. The zero-order valence-electron chi connectivity index (χ0n) is 14.1. The number of nitrogens with two attached hydrogens (primary N) is 1. The number of hydrogen-bond donors (Lipinski definition) is 1. The maximum atomic E-state index is 14.3. The number of halogens is 2. The van der Waals surface area contributed by atoms with Crippen LogP contribution in [0.25, 0.3) is 10.9 Å². The first-order chi connectivity index (χ1) is 11.8. The summed E-state index contributed by atoms with van der Waals surface area (Å²) in [6, 6.07) is -0.0468. The highest BCUT2D eigenvalue weighted by Gasteiger charge is 2.34. The molecule has 1 aliphatic rings. The van der Waals surface area contributed by atoms with E-state index in [2.05, 4.69) is 0 Å². The summed E-state index contributed by atoms with van der Waals surface area (Å²) in [7, 11) is 1.18. The molecule has 0 bridgehead atoms. The van der Waals surface area contributed by atoms with Crippen LogP contribution >= 0.6 is 0 Å². The van der Waals surface area contributed by atoms with Gasteiger partial charge in [0.15, 0.2) is 11.6 Å². The van der Waals surface area contributed by atoms with Gasteiger partial charge in [0, 0.05) is 11.7 Å². The van der Waals surface area contributed by atoms with Crippen LogP contribution in [-0.2, 0) is 4.74 Å². The molecule has 0 aliphatic heterocycles. The van der Waals surface area contributed by atoms with E-state index < -0.39 is 34.5 Å². The predicted molar refractivity (Wildman–Crippen MR) is 88.1 cm³/mol. The van der Waals surface area contributed by atoms with Crippen molar-refractivity contribution in [1.82, 2.24) is 4.57 Å². The molecule has 0 atom stereocenters. The van der Waals surface area contributed by atoms with Crippen molar-refractivity contribution >= 4 is 22.6 Å². The number of nitrogens with zero attached hydrogens (tertiary/aromatic N) is 1. The van der Waals surface area contributed by atoms with Crippen molar-refractivity contribution in [2.24, 2.45) is 0 Å². The lowest BCUT2D eigenvalue weighted by molar-refractivity contribution is 0.0523. The molecule has 1 aromatic carbocycles. The molecule has 1 aromatic heterocycles. The molecule has 2 aromatic rings. The molecule has 6 nitrogen and oxygen atoms in total. The number of fused-ring (bicyclic) bond motifs is 1. The molecule has 25 heavy (non-hydrogen) atoms. The Morgan fingerprint density at radius 1 is 1.32 bits per heavy atom. The molecule has 0 radical (unpaired) electrons. The number of benzene rings is 1. The van der Waals surface area contributed by atoms with Gasteiger partial charge in [-0.05, 0) is 26.7 Å². The van der Waals surface area contributed by atoms with Gasteiger partial charge >= 0.3 is 5.97 Å². The van der Waals surface area contributed by atoms with Crippen LogP contribution in [0, 0.1) is 18.6 Å². The maximum absolute atomic E-state index is 14.3. The van der Waals surface area contributed by atoms with Crippen LogP contribution in [0.2, 0.25) is 0 Å². The predicted octanol–water partition coefficient (Wildman–Crippen LogP) is 2.69. The van der Waals surface area contributed by atoms with Crippen molar-refractivity contribution in [2.75, 3.05) is 19.5 Å². The van der Waals surface area contributed by atoms with Gasteiger partial charge in [-0.2, -0.15) is 4.39 Å². The fourth-order valence-electron chi connectivity index (χ4n) is 3.13. The summed E-state index contributed by atoms with van der Waals surface area (Å²) in [5.74, 6) is -3.85. The number of aromatic nitrogens is 1. The van der Waals surface area contributed by atoms with Crippen molar-refractivity contribution in [1.29, 1.82) is 0 Å². The summed E-state index contributed by atoms with van der Waals surface area (Å²) < 4.78 is 40.1. The molecule has 1 aliphatic carbocycles. The van der Waals surface area contributed by atoms with Gasteiger partial charge in [-0.15, -0.1) is 0 Å². The zero-order chi connectivity index (χ0) is 18.5. The van der Waals surface area contributed by atoms with Gasteiger partial charge in [-0.25, -0.2) is 9.18 Å². The molecule has 8 heteroatoms. The van der Waals surface area contributed by atoms with Crippen LogP contribution in [0.4, 0.5) is 14.5 Å². The summed E-state index contributed by atoms with van der Waals surface area (Å²) in [4.78, 5) is 25.1. The van der Waals surface area contributed by atoms with Crippen molar-refractivity contribution in [2.45, 2.75) is 32.7 Å². The van der Waals surface area contributed by atoms with Crippen molar-refractivity contribution in [3.63, 3.8) is 0 Å². The molecular weight excluding hydrogens is 334 g/mol. The van der Waals surface area contributed by atoms with Gasteiger partial charge in [0.2, 0.25) is 11.2 Å². The summed E-state index contributed by atoms with van der Waals surface area (Å²) in [6.07, 6.45) is 1.56. The molecule has 134 valence electrons. The van der Waals surface area contributed by atoms with E-state index in [4.69, 9.17) is 15.2 Å². The van der Waals surface area contributed by atoms with E-state index in [1.807, 2.05) is 0 Å². The number of methoxy groups -OCH3 is 1. The van der Waals surface area contributed by atoms with E-state index in [1.54, 1.807) is 18.4 Å². The van der Waals surface area contributed by atoms with E-state index in [-0.39, 0.29) is 29.1 Å². The van der Waals surface area contributed by atoms with Gasteiger partial charge in [0.05, 0.1) is 24.8 Å². The molecule has 1 fully saturated rings. The first kappa shape index (κ1) is 17.2. The minimum Gasteiger partial charge on any atom is -0.491 e. The summed E-state index contributed by atoms with van der Waals surface area (Å²) in [5, 5.41) is -0.267. The number of esters is 1. The summed E-state index contributed by atoms with van der Waals surface area (Å²) in [5.41, 5.74) is 4.42. The van der Waals surface area contributed by atoms with Gasteiger partial charge in [-0.1, -0.05) is 0 Å². The standard InChI is InChI=1S/C17H18F2N2O4/c1-4-25-17(23)9-7(2)21(8-5-6-8)14-10(15(9)22)13(20)11(18)12(19)16(14)24-3/h8H,4-6,20H2,1-3H3. The SMILES string of the molecule is CCOC(=O)c1c(C)n(C2CC2)c2c(OC)c(F)c(F)c(N)c2c1=O. The lowest BCUT2D eigenvalue weighted by Crippen LogP contribution is -2.25. The second kappa shape index (κ2) is 6.02. The Kier molecular flexibility index (Phi) is 4.14. The second-order valence-corrected chi connectivity index (χ2v) is 5.91. The highest BCUT2D eigenvalue weighted by Crippen LogP contribution is 2.43. The zero-order valence-corrected chi connectivity index (χ0v) is 14.1. The topological polar surface area (TPSA) is 83.6 Å². The van der Waals surface area contributed by atoms with Crippen molar-refractivity contribution in [3.8, 4) is 5.75 Å². The van der Waals surface area contributed by atoms with Crippen LogP contribution in [0.15, 0.2) is 4.79 Å². The maximum Gasteiger partial charge on any atom is 0.343 e. The third kappa shape index (κ3) is 2.43. The quantitative estimate of drug-likeness (QED) is 0.676. The van der Waals surface area contributed by atoms with E-state index in [0.29, 0.717) is 5.69 Å². The van der Waals surface area contributed by atoms with Gasteiger partial charge in [-0.3, -0.25) is 4.79 Å². The molecule has 1 saturated carbocycles. The van der Waals surface area contributed by atoms with Crippen molar-refractivity contribution < 1.29 is 23.0 Å². The molecule has 2 N–H and O–H groups in total. The number of rotatable bonds is 4. The van der Waals surface area contributed by atoms with Crippen LogP contribution in [0.3, 0.4) is 0 Å². The monoisotopic (exact) mass is 352 g/mol. The number of nitrogen functional groups attached to an aromatic ring is 1. The van der Waals surface area contributed by atoms with Crippen LogP contribution in [0.5, 0.6) is 5.75 Å². The Balaban J connectivity index is 2.56. The van der Waals surface area contributed by atoms with Gasteiger partial charge in [0.25, 0.3) is 0 Å². The molecular formula is C17H18F2N2O4. The first-order valence-corrected chi connectivity index (χ1v) is 7.91. The molecule has 0 spiro atoms. The van der Waals surface area contributed by atoms with E-state index >= 15 is 0 Å². The largest absolute Gasteiger partial charge is 0.491 e. The number of carbonyl (C=O) groups excluding carboxylic acids is 1. The van der Waals surface area contributed by atoms with E-state index in [9.17, 15) is 18.4 Å². The lowest BCUT2D eigenvalue weighted by Gasteiger charge is -2.20. The first-order valence-electron chi connectivity index (χ1n) is 7.91. The number of hydrogen-bond acceptors (Lipinski definition) is 5. The highest BCUT2D eigenvalue weighted by atomic mass is 19.2. The number of ether oxygens (including phenoxy) is 2. The Hall–Kier alpha value is -2.64. The summed E-state index contributed by atoms with van der Waals surface area (Å²) in [6.45, 7) is 3.26. The van der Waals surface area contributed by atoms with Gasteiger partial charge < -0.3 is 19.8 Å². The third-order valence-electron chi connectivity index (χ3n) is 4.36. The third-order valence-corrected chi connectivity index (χ3v) is 4.36. The van der Waals surface area contributed by atoms with E-state index in [1.165, 1.54) is 7.11 Å². The van der Waals surface area contributed by atoms with Crippen LogP contribution in [-0.4, -0.2) is 24.3 Å². The van der Waals surface area contributed by atoms with Crippen LogP contribution in [0.1, 0.15) is 41.9 Å². The van der Waals surface area contributed by atoms with Crippen molar-refractivity contribution in [3.05, 3.63) is 33.1 Å². The number of anilines is 1. The van der Waals surface area contributed by atoms with Crippen LogP contribution < -0.4 is 15.9 Å². The molecule has 0 unspecified atom stereocenters. The van der Waals surface area contributed by atoms with Gasteiger partial charge in [0.1, 0.15) is 11.1 Å². The average Bonchev–Trinajstić information content (AvgIpc) is 3.38.